The van der Waals surface area contributed by atoms with Crippen molar-refractivity contribution in [3.63, 3.8) is 0 Å². The van der Waals surface area contributed by atoms with Crippen LogP contribution in [0.2, 0.25) is 0 Å². The molecule has 0 aliphatic carbocycles. The molecular formula is C16H18FNO2. The van der Waals surface area contributed by atoms with Gasteiger partial charge in [-0.05, 0) is 48.9 Å². The summed E-state index contributed by atoms with van der Waals surface area (Å²) in [6, 6.07) is 11.8. The minimum atomic E-state index is -0.338. The van der Waals surface area contributed by atoms with Gasteiger partial charge in [0.05, 0.1) is 7.11 Å². The third-order valence-electron chi connectivity index (χ3n) is 3.11. The van der Waals surface area contributed by atoms with Gasteiger partial charge in [0.25, 0.3) is 0 Å². The Hall–Kier alpha value is -2.07. The van der Waals surface area contributed by atoms with Crippen LogP contribution >= 0.6 is 0 Å². The van der Waals surface area contributed by atoms with Crippen LogP contribution in [-0.2, 0) is 13.0 Å². The summed E-state index contributed by atoms with van der Waals surface area (Å²) >= 11 is 0. The fourth-order valence-corrected chi connectivity index (χ4v) is 1.94. The molecule has 0 unspecified atom stereocenters. The van der Waals surface area contributed by atoms with Crippen molar-refractivity contribution < 1.29 is 14.2 Å². The van der Waals surface area contributed by atoms with Gasteiger partial charge in [-0.15, -0.1) is 0 Å². The van der Waals surface area contributed by atoms with E-state index in [1.54, 1.807) is 7.11 Å². The Bertz CT molecular complexity index is 555. The molecule has 0 aliphatic heterocycles. The predicted octanol–water partition coefficient (Wildman–Crippen LogP) is 2.87. The van der Waals surface area contributed by atoms with Gasteiger partial charge < -0.3 is 15.2 Å². The van der Waals surface area contributed by atoms with Crippen molar-refractivity contribution in [2.45, 2.75) is 13.0 Å². The van der Waals surface area contributed by atoms with Crippen molar-refractivity contribution in [3.05, 3.63) is 59.4 Å². The van der Waals surface area contributed by atoms with Gasteiger partial charge >= 0.3 is 0 Å². The number of halogens is 1. The summed E-state index contributed by atoms with van der Waals surface area (Å²) in [5.41, 5.74) is 1.77. The highest BCUT2D eigenvalue weighted by atomic mass is 19.1. The van der Waals surface area contributed by atoms with Crippen LogP contribution < -0.4 is 10.1 Å². The standard InChI is InChI=1S/C16H18FNO2/c1-20-15-5-2-12(3-6-15)8-9-18-11-13-10-14(17)4-7-16(13)19/h2-7,10,18-19H,8-9,11H2,1H3. The Morgan fingerprint density at radius 1 is 1.15 bits per heavy atom. The third kappa shape index (κ3) is 3.96. The monoisotopic (exact) mass is 275 g/mol. The number of methoxy groups -OCH3 is 1. The van der Waals surface area contributed by atoms with Crippen molar-refractivity contribution in [2.75, 3.05) is 13.7 Å². The average molecular weight is 275 g/mol. The average Bonchev–Trinajstić information content (AvgIpc) is 2.47. The van der Waals surface area contributed by atoms with Crippen molar-refractivity contribution in [1.82, 2.24) is 5.32 Å². The normalized spacial score (nSPS) is 10.5. The van der Waals surface area contributed by atoms with E-state index in [0.717, 1.165) is 18.7 Å². The summed E-state index contributed by atoms with van der Waals surface area (Å²) in [5.74, 6) is 0.615. The number of phenolic OH excluding ortho intramolecular Hbond substituents is 1. The van der Waals surface area contributed by atoms with Crippen LogP contribution in [0.15, 0.2) is 42.5 Å². The summed E-state index contributed by atoms with van der Waals surface area (Å²) in [4.78, 5) is 0. The van der Waals surface area contributed by atoms with Gasteiger partial charge in [0.15, 0.2) is 0 Å². The topological polar surface area (TPSA) is 41.5 Å². The molecule has 0 atom stereocenters. The molecule has 20 heavy (non-hydrogen) atoms. The summed E-state index contributed by atoms with van der Waals surface area (Å²) < 4.78 is 18.1. The van der Waals surface area contributed by atoms with Gasteiger partial charge in [-0.3, -0.25) is 0 Å². The van der Waals surface area contributed by atoms with E-state index < -0.39 is 0 Å². The molecule has 0 aliphatic rings. The quantitative estimate of drug-likeness (QED) is 0.797. The number of hydrogen-bond acceptors (Lipinski definition) is 3. The second-order valence-electron chi connectivity index (χ2n) is 4.55. The number of hydrogen-bond donors (Lipinski definition) is 2. The maximum atomic E-state index is 13.0. The van der Waals surface area contributed by atoms with Crippen LogP contribution in [-0.4, -0.2) is 18.8 Å². The molecule has 0 bridgehead atoms. The molecule has 2 rings (SSSR count). The maximum Gasteiger partial charge on any atom is 0.123 e. The van der Waals surface area contributed by atoms with Gasteiger partial charge in [-0.25, -0.2) is 4.39 Å². The number of nitrogens with one attached hydrogen (secondary N) is 1. The Kier molecular flexibility index (Phi) is 4.96. The zero-order chi connectivity index (χ0) is 14.4. The first kappa shape index (κ1) is 14.3. The van der Waals surface area contributed by atoms with E-state index in [-0.39, 0.29) is 11.6 Å². The van der Waals surface area contributed by atoms with E-state index in [0.29, 0.717) is 12.1 Å². The van der Waals surface area contributed by atoms with Crippen molar-refractivity contribution in [2.24, 2.45) is 0 Å². The predicted molar refractivity (Wildman–Crippen MR) is 76.5 cm³/mol. The fourth-order valence-electron chi connectivity index (χ4n) is 1.94. The van der Waals surface area contributed by atoms with Crippen LogP contribution in [0.1, 0.15) is 11.1 Å². The first-order valence-corrected chi connectivity index (χ1v) is 6.50. The number of ether oxygens (including phenoxy) is 1. The summed E-state index contributed by atoms with van der Waals surface area (Å²) in [5, 5.41) is 12.8. The van der Waals surface area contributed by atoms with Crippen LogP contribution in [0.3, 0.4) is 0 Å². The zero-order valence-corrected chi connectivity index (χ0v) is 11.4. The molecule has 0 heterocycles. The van der Waals surface area contributed by atoms with Gasteiger partial charge in [0.2, 0.25) is 0 Å². The van der Waals surface area contributed by atoms with Gasteiger partial charge in [0, 0.05) is 12.1 Å². The molecule has 106 valence electrons. The number of rotatable bonds is 6. The van der Waals surface area contributed by atoms with Crippen LogP contribution in [0.4, 0.5) is 4.39 Å². The molecule has 2 aromatic rings. The highest BCUT2D eigenvalue weighted by molar-refractivity contribution is 5.32. The number of phenols is 1. The first-order chi connectivity index (χ1) is 9.69. The Labute approximate surface area is 118 Å². The molecular weight excluding hydrogens is 257 g/mol. The smallest absolute Gasteiger partial charge is 0.123 e. The molecule has 3 nitrogen and oxygen atoms in total. The summed E-state index contributed by atoms with van der Waals surface area (Å²) in [6.45, 7) is 1.20. The van der Waals surface area contributed by atoms with Crippen LogP contribution in [0.5, 0.6) is 11.5 Å². The van der Waals surface area contributed by atoms with Gasteiger partial charge in [-0.1, -0.05) is 12.1 Å². The highest BCUT2D eigenvalue weighted by Gasteiger charge is 2.02. The lowest BCUT2D eigenvalue weighted by Crippen LogP contribution is -2.16. The van der Waals surface area contributed by atoms with Crippen LogP contribution in [0.25, 0.3) is 0 Å². The summed E-state index contributed by atoms with van der Waals surface area (Å²) in [7, 11) is 1.64. The molecule has 0 saturated heterocycles. The minimum absolute atomic E-state index is 0.114. The lowest BCUT2D eigenvalue weighted by atomic mass is 10.1. The van der Waals surface area contributed by atoms with E-state index in [9.17, 15) is 9.50 Å². The molecule has 0 spiro atoms. The van der Waals surface area contributed by atoms with E-state index in [1.165, 1.54) is 23.8 Å². The molecule has 0 amide bonds. The summed E-state index contributed by atoms with van der Waals surface area (Å²) in [6.07, 6.45) is 0.861. The molecule has 0 fully saturated rings. The Morgan fingerprint density at radius 3 is 2.60 bits per heavy atom. The Morgan fingerprint density at radius 2 is 1.90 bits per heavy atom. The fraction of sp³-hybridized carbons (Fsp3) is 0.250. The van der Waals surface area contributed by atoms with Crippen molar-refractivity contribution in [3.8, 4) is 11.5 Å². The molecule has 2 N–H and O–H groups in total. The molecule has 2 aromatic carbocycles. The van der Waals surface area contributed by atoms with E-state index in [2.05, 4.69) is 5.32 Å². The zero-order valence-electron chi connectivity index (χ0n) is 11.4. The maximum absolute atomic E-state index is 13.0. The largest absolute Gasteiger partial charge is 0.508 e. The van der Waals surface area contributed by atoms with Gasteiger partial charge in [-0.2, -0.15) is 0 Å². The lowest BCUT2D eigenvalue weighted by molar-refractivity contribution is 0.414. The van der Waals surface area contributed by atoms with Crippen molar-refractivity contribution >= 4 is 0 Å². The van der Waals surface area contributed by atoms with E-state index in [1.807, 2.05) is 24.3 Å². The third-order valence-corrected chi connectivity index (χ3v) is 3.11. The SMILES string of the molecule is COc1ccc(CCNCc2cc(F)ccc2O)cc1. The highest BCUT2D eigenvalue weighted by Crippen LogP contribution is 2.17. The number of benzene rings is 2. The first-order valence-electron chi connectivity index (χ1n) is 6.50. The number of aromatic hydroxyl groups is 1. The minimum Gasteiger partial charge on any atom is -0.508 e. The molecule has 0 aromatic heterocycles. The van der Waals surface area contributed by atoms with Gasteiger partial charge in [0.1, 0.15) is 17.3 Å². The lowest BCUT2D eigenvalue weighted by Gasteiger charge is -2.07. The van der Waals surface area contributed by atoms with E-state index >= 15 is 0 Å². The Balaban J connectivity index is 1.79. The second kappa shape index (κ2) is 6.91. The van der Waals surface area contributed by atoms with E-state index in [4.69, 9.17) is 4.74 Å². The molecule has 0 saturated carbocycles. The molecule has 4 heteroatoms. The second-order valence-corrected chi connectivity index (χ2v) is 4.55. The van der Waals surface area contributed by atoms with Crippen molar-refractivity contribution in [1.29, 1.82) is 0 Å². The van der Waals surface area contributed by atoms with Crippen LogP contribution in [0, 0.1) is 5.82 Å². The molecule has 0 radical (unpaired) electrons.